The van der Waals surface area contributed by atoms with E-state index >= 15 is 0 Å². The van der Waals surface area contributed by atoms with Crippen molar-refractivity contribution in [3.8, 4) is 67.3 Å². The molecule has 0 amide bonds. The SMILES string of the molecule is CC1(C)c2ccc(-c3ccc(-c4nc(-c5ccccc5)cc(-c5cccc(-c6cccc7ccccc67)c5)n4)c4ccccc34)cc2-c2c1ccc1ccccc21. The fourth-order valence-electron chi connectivity index (χ4n) is 9.23. The maximum Gasteiger partial charge on any atom is 0.161 e. The summed E-state index contributed by atoms with van der Waals surface area (Å²) in [5.41, 5.74) is 15.1. The summed E-state index contributed by atoms with van der Waals surface area (Å²) in [6, 6.07) is 70.1. The van der Waals surface area contributed by atoms with Crippen molar-refractivity contribution in [3.05, 3.63) is 205 Å². The molecule has 0 unspecified atom stereocenters. The van der Waals surface area contributed by atoms with Gasteiger partial charge in [-0.15, -0.1) is 0 Å². The normalized spacial score (nSPS) is 12.9. The fourth-order valence-corrected chi connectivity index (χ4v) is 9.23. The van der Waals surface area contributed by atoms with Gasteiger partial charge in [0.15, 0.2) is 5.82 Å². The Balaban J connectivity index is 1.07. The van der Waals surface area contributed by atoms with E-state index in [0.29, 0.717) is 5.82 Å². The standard InChI is InChI=1S/C55H38N2/c1-55(2)49-30-27-39(33-48(49)53-44-22-9-7-15-36(44)26-31-50(53)55)43-28-29-47(46-24-11-10-23-45(43)46)54-56-51(37-16-4-3-5-17-37)34-52(57-54)40-20-12-19-38(32-40)42-25-13-18-35-14-6-8-21-41(35)42/h3-34H,1-2H3. The summed E-state index contributed by atoms with van der Waals surface area (Å²) in [6.45, 7) is 4.71. The van der Waals surface area contributed by atoms with E-state index in [2.05, 4.69) is 202 Å². The van der Waals surface area contributed by atoms with Gasteiger partial charge in [0.05, 0.1) is 11.4 Å². The quantitative estimate of drug-likeness (QED) is 0.176. The second kappa shape index (κ2) is 13.0. The zero-order valence-electron chi connectivity index (χ0n) is 31.9. The third-order valence-electron chi connectivity index (χ3n) is 12.1. The largest absolute Gasteiger partial charge is 0.228 e. The molecular weight excluding hydrogens is 689 g/mol. The van der Waals surface area contributed by atoms with E-state index in [4.69, 9.17) is 9.97 Å². The molecule has 0 spiro atoms. The Hall–Kier alpha value is -7.16. The van der Waals surface area contributed by atoms with Crippen LogP contribution in [0.5, 0.6) is 0 Å². The van der Waals surface area contributed by atoms with Crippen molar-refractivity contribution in [3.63, 3.8) is 0 Å². The Morgan fingerprint density at radius 1 is 0.333 bits per heavy atom. The lowest BCUT2D eigenvalue weighted by Crippen LogP contribution is -2.14. The smallest absolute Gasteiger partial charge is 0.161 e. The lowest BCUT2D eigenvalue weighted by atomic mass is 9.81. The molecule has 1 aliphatic carbocycles. The molecule has 268 valence electrons. The average molecular weight is 727 g/mol. The van der Waals surface area contributed by atoms with E-state index in [9.17, 15) is 0 Å². The zero-order valence-corrected chi connectivity index (χ0v) is 31.9. The maximum atomic E-state index is 5.36. The van der Waals surface area contributed by atoms with Crippen molar-refractivity contribution in [1.82, 2.24) is 9.97 Å². The van der Waals surface area contributed by atoms with Gasteiger partial charge < -0.3 is 0 Å². The van der Waals surface area contributed by atoms with Gasteiger partial charge in [-0.05, 0) is 101 Å². The van der Waals surface area contributed by atoms with Crippen molar-refractivity contribution in [2.45, 2.75) is 19.3 Å². The monoisotopic (exact) mass is 726 g/mol. The number of hydrogen-bond donors (Lipinski definition) is 0. The van der Waals surface area contributed by atoms with Gasteiger partial charge in [-0.3, -0.25) is 0 Å². The zero-order chi connectivity index (χ0) is 38.1. The molecule has 0 aliphatic heterocycles. The van der Waals surface area contributed by atoms with Crippen LogP contribution in [0.2, 0.25) is 0 Å². The molecule has 9 aromatic carbocycles. The fraction of sp³-hybridized carbons (Fsp3) is 0.0545. The minimum Gasteiger partial charge on any atom is -0.228 e. The Bertz CT molecular complexity index is 3210. The van der Waals surface area contributed by atoms with E-state index < -0.39 is 0 Å². The van der Waals surface area contributed by atoms with Gasteiger partial charge in [-0.1, -0.05) is 184 Å². The van der Waals surface area contributed by atoms with E-state index in [1.54, 1.807) is 0 Å². The first kappa shape index (κ1) is 33.2. The van der Waals surface area contributed by atoms with Crippen molar-refractivity contribution >= 4 is 32.3 Å². The van der Waals surface area contributed by atoms with E-state index in [-0.39, 0.29) is 5.41 Å². The Kier molecular flexibility index (Phi) is 7.55. The lowest BCUT2D eigenvalue weighted by molar-refractivity contribution is 0.661. The first-order valence-electron chi connectivity index (χ1n) is 19.7. The van der Waals surface area contributed by atoms with Crippen molar-refractivity contribution in [2.75, 3.05) is 0 Å². The summed E-state index contributed by atoms with van der Waals surface area (Å²) >= 11 is 0. The first-order valence-corrected chi connectivity index (χ1v) is 19.7. The van der Waals surface area contributed by atoms with Gasteiger partial charge in [0.2, 0.25) is 0 Å². The van der Waals surface area contributed by atoms with E-state index in [1.807, 2.05) is 6.07 Å². The predicted molar refractivity (Wildman–Crippen MR) is 239 cm³/mol. The second-order valence-corrected chi connectivity index (χ2v) is 15.7. The summed E-state index contributed by atoms with van der Waals surface area (Å²) in [7, 11) is 0. The van der Waals surface area contributed by atoms with E-state index in [0.717, 1.165) is 39.0 Å². The van der Waals surface area contributed by atoms with Crippen molar-refractivity contribution in [2.24, 2.45) is 0 Å². The summed E-state index contributed by atoms with van der Waals surface area (Å²) < 4.78 is 0. The molecule has 0 bridgehead atoms. The Labute approximate surface area is 332 Å². The van der Waals surface area contributed by atoms with Crippen LogP contribution in [0.3, 0.4) is 0 Å². The molecule has 0 atom stereocenters. The molecule has 11 rings (SSSR count). The van der Waals surface area contributed by atoms with E-state index in [1.165, 1.54) is 65.9 Å². The maximum absolute atomic E-state index is 5.36. The van der Waals surface area contributed by atoms with Crippen LogP contribution in [0.1, 0.15) is 25.0 Å². The highest BCUT2D eigenvalue weighted by Crippen LogP contribution is 2.52. The summed E-state index contributed by atoms with van der Waals surface area (Å²) in [5.74, 6) is 0.709. The molecule has 0 saturated carbocycles. The van der Waals surface area contributed by atoms with Gasteiger partial charge in [0.1, 0.15) is 0 Å². The minimum atomic E-state index is -0.0770. The van der Waals surface area contributed by atoms with Crippen LogP contribution in [0, 0.1) is 0 Å². The third-order valence-corrected chi connectivity index (χ3v) is 12.1. The Morgan fingerprint density at radius 2 is 0.877 bits per heavy atom. The highest BCUT2D eigenvalue weighted by molar-refractivity contribution is 6.07. The molecule has 0 fully saturated rings. The molecule has 57 heavy (non-hydrogen) atoms. The average Bonchev–Trinajstić information content (AvgIpc) is 3.51. The Morgan fingerprint density at radius 3 is 1.68 bits per heavy atom. The van der Waals surface area contributed by atoms with Crippen LogP contribution in [-0.4, -0.2) is 9.97 Å². The molecule has 1 aliphatic rings. The molecule has 0 saturated heterocycles. The lowest BCUT2D eigenvalue weighted by Gasteiger charge is -2.21. The van der Waals surface area contributed by atoms with Crippen LogP contribution >= 0.6 is 0 Å². The van der Waals surface area contributed by atoms with Gasteiger partial charge in [0, 0.05) is 22.1 Å². The molecule has 2 heteroatoms. The molecule has 0 radical (unpaired) electrons. The van der Waals surface area contributed by atoms with Gasteiger partial charge in [0.25, 0.3) is 0 Å². The summed E-state index contributed by atoms with van der Waals surface area (Å²) in [4.78, 5) is 10.6. The topological polar surface area (TPSA) is 25.8 Å². The van der Waals surface area contributed by atoms with Crippen LogP contribution in [0.15, 0.2) is 194 Å². The molecule has 2 nitrogen and oxygen atoms in total. The third kappa shape index (κ3) is 5.40. The van der Waals surface area contributed by atoms with Crippen LogP contribution in [0.25, 0.3) is 99.6 Å². The van der Waals surface area contributed by atoms with Crippen molar-refractivity contribution < 1.29 is 0 Å². The number of aromatic nitrogens is 2. The molecular formula is C55H38N2. The van der Waals surface area contributed by atoms with Crippen LogP contribution in [0.4, 0.5) is 0 Å². The number of hydrogen-bond acceptors (Lipinski definition) is 2. The van der Waals surface area contributed by atoms with Gasteiger partial charge >= 0.3 is 0 Å². The number of rotatable bonds is 5. The predicted octanol–water partition coefficient (Wildman–Crippen LogP) is 14.6. The highest BCUT2D eigenvalue weighted by Gasteiger charge is 2.36. The first-order chi connectivity index (χ1) is 28.0. The van der Waals surface area contributed by atoms with Crippen LogP contribution < -0.4 is 0 Å². The van der Waals surface area contributed by atoms with Gasteiger partial charge in [-0.2, -0.15) is 0 Å². The van der Waals surface area contributed by atoms with Gasteiger partial charge in [-0.25, -0.2) is 9.97 Å². The second-order valence-electron chi connectivity index (χ2n) is 15.7. The number of nitrogens with zero attached hydrogens (tertiary/aromatic N) is 2. The molecule has 1 aromatic heterocycles. The molecule has 1 heterocycles. The number of fused-ring (bicyclic) bond motifs is 7. The van der Waals surface area contributed by atoms with Crippen molar-refractivity contribution in [1.29, 1.82) is 0 Å². The van der Waals surface area contributed by atoms with Crippen LogP contribution in [-0.2, 0) is 5.41 Å². The molecule has 10 aromatic rings. The summed E-state index contributed by atoms with van der Waals surface area (Å²) in [6.07, 6.45) is 0. The molecule has 0 N–H and O–H groups in total. The summed E-state index contributed by atoms with van der Waals surface area (Å²) in [5, 5.41) is 7.36. The highest BCUT2D eigenvalue weighted by atomic mass is 14.9. The number of benzene rings is 9. The minimum absolute atomic E-state index is 0.0770.